The maximum absolute atomic E-state index is 13.7. The molecule has 1 fully saturated rings. The van der Waals surface area contributed by atoms with Crippen molar-refractivity contribution in [1.82, 2.24) is 4.90 Å². The van der Waals surface area contributed by atoms with Crippen LogP contribution >= 0.6 is 0 Å². The summed E-state index contributed by atoms with van der Waals surface area (Å²) in [6.45, 7) is 5.59. The number of ether oxygens (including phenoxy) is 2. The van der Waals surface area contributed by atoms with E-state index in [0.29, 0.717) is 26.2 Å². The lowest BCUT2D eigenvalue weighted by atomic mass is 9.80. The van der Waals surface area contributed by atoms with Crippen molar-refractivity contribution in [2.24, 2.45) is 5.92 Å². The van der Waals surface area contributed by atoms with Crippen molar-refractivity contribution in [1.29, 1.82) is 0 Å². The first kappa shape index (κ1) is 32.0. The van der Waals surface area contributed by atoms with E-state index in [-0.39, 0.29) is 17.9 Å². The van der Waals surface area contributed by atoms with Gasteiger partial charge in [-0.1, -0.05) is 140 Å². The molecule has 0 N–H and O–H groups in total. The normalized spacial score (nSPS) is 16.3. The van der Waals surface area contributed by atoms with Crippen LogP contribution in [0.4, 0.5) is 0 Å². The number of allylic oxidation sites excluding steroid dienone is 1. The Hall–Kier alpha value is -4.93. The molecule has 0 aliphatic carbocycles. The standard InChI is InChI=1S/C43H43NO3/c1-2-16-36-31-40(44(42(36)45)30-15-19-34-26-28-41(29-27-34)46-32-35-17-7-3-8-18-35)33-47-43(37-20-9-4-10-21-37,38-22-11-5-12-23-38)39-24-13-6-14-25-39/h2-14,17-18,20-29,36,40H,1,15-16,19,30-33H2/t36-,40+/m1/s1. The van der Waals surface area contributed by atoms with E-state index in [1.165, 1.54) is 5.56 Å². The lowest BCUT2D eigenvalue weighted by Crippen LogP contribution is -2.41. The Labute approximate surface area is 279 Å². The van der Waals surface area contributed by atoms with Gasteiger partial charge in [0, 0.05) is 12.5 Å². The lowest BCUT2D eigenvalue weighted by molar-refractivity contribution is -0.133. The molecule has 0 unspecified atom stereocenters. The monoisotopic (exact) mass is 621 g/mol. The number of amides is 1. The van der Waals surface area contributed by atoms with E-state index >= 15 is 0 Å². The Morgan fingerprint density at radius 2 is 1.23 bits per heavy atom. The van der Waals surface area contributed by atoms with Gasteiger partial charge in [-0.3, -0.25) is 4.79 Å². The molecule has 0 radical (unpaired) electrons. The van der Waals surface area contributed by atoms with Crippen LogP contribution in [-0.2, 0) is 28.2 Å². The smallest absolute Gasteiger partial charge is 0.226 e. The van der Waals surface area contributed by atoms with Crippen LogP contribution in [0, 0.1) is 5.92 Å². The molecular formula is C43H43NO3. The molecule has 4 heteroatoms. The Balaban J connectivity index is 1.17. The van der Waals surface area contributed by atoms with E-state index in [1.807, 2.05) is 54.6 Å². The lowest BCUT2D eigenvalue weighted by Gasteiger charge is -2.38. The largest absolute Gasteiger partial charge is 0.489 e. The first-order chi connectivity index (χ1) is 23.2. The molecule has 0 saturated carbocycles. The summed E-state index contributed by atoms with van der Waals surface area (Å²) in [4.78, 5) is 15.8. The number of benzene rings is 5. The zero-order valence-electron chi connectivity index (χ0n) is 26.9. The van der Waals surface area contributed by atoms with E-state index in [2.05, 4.69) is 109 Å². The zero-order chi connectivity index (χ0) is 32.3. The van der Waals surface area contributed by atoms with Gasteiger partial charge in [-0.25, -0.2) is 0 Å². The first-order valence-corrected chi connectivity index (χ1v) is 16.6. The van der Waals surface area contributed by atoms with Gasteiger partial charge in [-0.05, 0) is 65.6 Å². The van der Waals surface area contributed by atoms with Gasteiger partial charge >= 0.3 is 0 Å². The molecule has 1 saturated heterocycles. The SMILES string of the molecule is C=CC[C@@H]1C[C@@H](COC(c2ccccc2)(c2ccccc2)c2ccccc2)N(CCCc2ccc(OCc3ccccc3)cc2)C1=O. The molecule has 47 heavy (non-hydrogen) atoms. The van der Waals surface area contributed by atoms with Crippen molar-refractivity contribution in [2.75, 3.05) is 13.2 Å². The Bertz CT molecular complexity index is 1590. The Kier molecular flexibility index (Phi) is 10.6. The summed E-state index contributed by atoms with van der Waals surface area (Å²) in [5.41, 5.74) is 4.75. The molecule has 2 atom stereocenters. The fourth-order valence-corrected chi connectivity index (χ4v) is 6.76. The highest BCUT2D eigenvalue weighted by molar-refractivity contribution is 5.81. The molecule has 1 aliphatic rings. The number of likely N-dealkylation sites (tertiary alicyclic amines) is 1. The summed E-state index contributed by atoms with van der Waals surface area (Å²) >= 11 is 0. The maximum atomic E-state index is 13.7. The molecule has 4 nitrogen and oxygen atoms in total. The second-order valence-electron chi connectivity index (χ2n) is 12.3. The fourth-order valence-electron chi connectivity index (χ4n) is 6.76. The minimum atomic E-state index is -0.820. The third kappa shape index (κ3) is 7.56. The minimum Gasteiger partial charge on any atom is -0.489 e. The topological polar surface area (TPSA) is 38.8 Å². The molecule has 1 aliphatic heterocycles. The molecule has 0 spiro atoms. The van der Waals surface area contributed by atoms with Crippen molar-refractivity contribution in [3.63, 3.8) is 0 Å². The average Bonchev–Trinajstić information content (AvgIpc) is 3.43. The summed E-state index contributed by atoms with van der Waals surface area (Å²) < 4.78 is 13.1. The number of nitrogens with zero attached hydrogens (tertiary/aromatic N) is 1. The summed E-state index contributed by atoms with van der Waals surface area (Å²) in [6, 6.07) is 49.8. The number of hydrogen-bond donors (Lipinski definition) is 0. The van der Waals surface area contributed by atoms with Gasteiger partial charge in [0.25, 0.3) is 0 Å². The quantitative estimate of drug-likeness (QED) is 0.0865. The number of aryl methyl sites for hydroxylation is 1. The van der Waals surface area contributed by atoms with Crippen molar-refractivity contribution in [3.8, 4) is 5.75 Å². The van der Waals surface area contributed by atoms with E-state index < -0.39 is 5.60 Å². The van der Waals surface area contributed by atoms with Crippen LogP contribution < -0.4 is 4.74 Å². The predicted octanol–water partition coefficient (Wildman–Crippen LogP) is 9.00. The highest BCUT2D eigenvalue weighted by Gasteiger charge is 2.42. The van der Waals surface area contributed by atoms with E-state index in [9.17, 15) is 4.79 Å². The van der Waals surface area contributed by atoms with E-state index in [1.54, 1.807) is 0 Å². The molecule has 6 rings (SSSR count). The maximum Gasteiger partial charge on any atom is 0.226 e. The van der Waals surface area contributed by atoms with Crippen LogP contribution in [0.15, 0.2) is 158 Å². The van der Waals surface area contributed by atoms with E-state index in [0.717, 1.165) is 47.3 Å². The third-order valence-corrected chi connectivity index (χ3v) is 9.15. The van der Waals surface area contributed by atoms with Gasteiger partial charge in [0.2, 0.25) is 5.91 Å². The molecular weight excluding hydrogens is 578 g/mol. The van der Waals surface area contributed by atoms with Crippen molar-refractivity contribution < 1.29 is 14.3 Å². The first-order valence-electron chi connectivity index (χ1n) is 16.6. The van der Waals surface area contributed by atoms with Gasteiger partial charge in [0.1, 0.15) is 18.0 Å². The number of hydrogen-bond acceptors (Lipinski definition) is 3. The predicted molar refractivity (Wildman–Crippen MR) is 189 cm³/mol. The Morgan fingerprint density at radius 1 is 0.702 bits per heavy atom. The van der Waals surface area contributed by atoms with Crippen LogP contribution in [0.1, 0.15) is 47.1 Å². The average molecular weight is 622 g/mol. The van der Waals surface area contributed by atoms with Gasteiger partial charge in [-0.2, -0.15) is 0 Å². The van der Waals surface area contributed by atoms with Gasteiger partial charge in [0.15, 0.2) is 0 Å². The minimum absolute atomic E-state index is 0.0308. The van der Waals surface area contributed by atoms with Crippen molar-refractivity contribution in [3.05, 3.63) is 186 Å². The number of carbonyl (C=O) groups is 1. The van der Waals surface area contributed by atoms with Crippen LogP contribution in [0.3, 0.4) is 0 Å². The number of carbonyl (C=O) groups excluding carboxylic acids is 1. The highest BCUT2D eigenvalue weighted by Crippen LogP contribution is 2.41. The number of rotatable bonds is 15. The van der Waals surface area contributed by atoms with Gasteiger partial charge in [0.05, 0.1) is 12.6 Å². The van der Waals surface area contributed by atoms with Crippen LogP contribution in [-0.4, -0.2) is 30.0 Å². The molecule has 0 bridgehead atoms. The summed E-state index contributed by atoms with van der Waals surface area (Å²) in [6.07, 6.45) is 5.05. The van der Waals surface area contributed by atoms with Crippen LogP contribution in [0.25, 0.3) is 0 Å². The summed E-state index contributed by atoms with van der Waals surface area (Å²) in [5.74, 6) is 0.991. The molecule has 0 aromatic heterocycles. The van der Waals surface area contributed by atoms with Crippen LogP contribution in [0.5, 0.6) is 5.75 Å². The van der Waals surface area contributed by atoms with Crippen molar-refractivity contribution in [2.45, 2.75) is 43.9 Å². The fraction of sp³-hybridized carbons (Fsp3) is 0.233. The van der Waals surface area contributed by atoms with Gasteiger partial charge < -0.3 is 14.4 Å². The Morgan fingerprint density at radius 3 is 1.77 bits per heavy atom. The second kappa shape index (κ2) is 15.6. The molecule has 5 aromatic carbocycles. The molecule has 1 amide bonds. The molecule has 238 valence electrons. The van der Waals surface area contributed by atoms with Gasteiger partial charge in [-0.15, -0.1) is 6.58 Å². The van der Waals surface area contributed by atoms with E-state index in [4.69, 9.17) is 9.47 Å². The van der Waals surface area contributed by atoms with Crippen molar-refractivity contribution >= 4 is 5.91 Å². The molecule has 1 heterocycles. The zero-order valence-corrected chi connectivity index (χ0v) is 26.9. The molecule has 5 aromatic rings. The highest BCUT2D eigenvalue weighted by atomic mass is 16.5. The summed E-state index contributed by atoms with van der Waals surface area (Å²) in [7, 11) is 0. The third-order valence-electron chi connectivity index (χ3n) is 9.15. The second-order valence-corrected chi connectivity index (χ2v) is 12.3. The van der Waals surface area contributed by atoms with Crippen LogP contribution in [0.2, 0.25) is 0 Å². The summed E-state index contributed by atoms with van der Waals surface area (Å²) in [5, 5.41) is 0.